The van der Waals surface area contributed by atoms with E-state index < -0.39 is 0 Å². The molecular formula is C19H23N3O3. The van der Waals surface area contributed by atoms with E-state index in [1.165, 1.54) is 0 Å². The Morgan fingerprint density at radius 1 is 1.12 bits per heavy atom. The minimum absolute atomic E-state index is 0.0444. The molecular weight excluding hydrogens is 318 g/mol. The van der Waals surface area contributed by atoms with Crippen molar-refractivity contribution in [3.05, 3.63) is 53.3 Å². The number of rotatable bonds is 4. The molecule has 0 bridgehead atoms. The van der Waals surface area contributed by atoms with Crippen molar-refractivity contribution >= 4 is 11.8 Å². The van der Waals surface area contributed by atoms with E-state index in [1.807, 2.05) is 48.4 Å². The van der Waals surface area contributed by atoms with Crippen LogP contribution < -0.4 is 4.74 Å². The van der Waals surface area contributed by atoms with Gasteiger partial charge in [0.2, 0.25) is 5.91 Å². The zero-order valence-corrected chi connectivity index (χ0v) is 14.6. The quantitative estimate of drug-likeness (QED) is 0.923. The third kappa shape index (κ3) is 3.84. The van der Waals surface area contributed by atoms with Crippen molar-refractivity contribution in [3.8, 4) is 5.75 Å². The molecule has 1 fully saturated rings. The SMILES string of the molecule is COc1ccc(C)cc1C(=O)N1CCN(C(=O)Cc2ccc[nH]2)CC1. The normalized spacial score (nSPS) is 14.5. The summed E-state index contributed by atoms with van der Waals surface area (Å²) >= 11 is 0. The fraction of sp³-hybridized carbons (Fsp3) is 0.368. The molecule has 25 heavy (non-hydrogen) atoms. The largest absolute Gasteiger partial charge is 0.496 e. The molecule has 1 aliphatic rings. The second-order valence-corrected chi connectivity index (χ2v) is 6.25. The Morgan fingerprint density at radius 3 is 2.48 bits per heavy atom. The van der Waals surface area contributed by atoms with Crippen molar-refractivity contribution in [1.82, 2.24) is 14.8 Å². The molecule has 2 heterocycles. The van der Waals surface area contributed by atoms with E-state index in [2.05, 4.69) is 4.98 Å². The highest BCUT2D eigenvalue weighted by Crippen LogP contribution is 2.22. The lowest BCUT2D eigenvalue weighted by molar-refractivity contribution is -0.132. The Kier molecular flexibility index (Phi) is 5.07. The van der Waals surface area contributed by atoms with Gasteiger partial charge in [0.1, 0.15) is 5.75 Å². The lowest BCUT2D eigenvalue weighted by Crippen LogP contribution is -2.51. The topological polar surface area (TPSA) is 65.6 Å². The summed E-state index contributed by atoms with van der Waals surface area (Å²) < 4.78 is 5.31. The second-order valence-electron chi connectivity index (χ2n) is 6.25. The van der Waals surface area contributed by atoms with Gasteiger partial charge in [-0.25, -0.2) is 0 Å². The smallest absolute Gasteiger partial charge is 0.257 e. The summed E-state index contributed by atoms with van der Waals surface area (Å²) in [6.45, 7) is 4.13. The monoisotopic (exact) mass is 341 g/mol. The average Bonchev–Trinajstić information content (AvgIpc) is 3.14. The number of benzene rings is 1. The highest BCUT2D eigenvalue weighted by molar-refractivity contribution is 5.97. The molecule has 0 unspecified atom stereocenters. The van der Waals surface area contributed by atoms with Crippen LogP contribution in [-0.4, -0.2) is 59.9 Å². The summed E-state index contributed by atoms with van der Waals surface area (Å²) in [5.74, 6) is 0.626. The van der Waals surface area contributed by atoms with E-state index in [0.717, 1.165) is 11.3 Å². The van der Waals surface area contributed by atoms with Gasteiger partial charge in [0.05, 0.1) is 19.1 Å². The number of nitrogens with zero attached hydrogens (tertiary/aromatic N) is 2. The number of methoxy groups -OCH3 is 1. The minimum atomic E-state index is -0.0444. The van der Waals surface area contributed by atoms with Crippen LogP contribution in [0.15, 0.2) is 36.5 Å². The van der Waals surface area contributed by atoms with Gasteiger partial charge < -0.3 is 19.5 Å². The predicted molar refractivity (Wildman–Crippen MR) is 94.7 cm³/mol. The van der Waals surface area contributed by atoms with Gasteiger partial charge in [-0.05, 0) is 31.2 Å². The minimum Gasteiger partial charge on any atom is -0.496 e. The highest BCUT2D eigenvalue weighted by Gasteiger charge is 2.26. The van der Waals surface area contributed by atoms with Crippen LogP contribution >= 0.6 is 0 Å². The molecule has 1 N–H and O–H groups in total. The number of hydrogen-bond donors (Lipinski definition) is 1. The number of carbonyl (C=O) groups is 2. The van der Waals surface area contributed by atoms with Gasteiger partial charge in [-0.3, -0.25) is 9.59 Å². The summed E-state index contributed by atoms with van der Waals surface area (Å²) in [5, 5.41) is 0. The maximum Gasteiger partial charge on any atom is 0.257 e. The lowest BCUT2D eigenvalue weighted by Gasteiger charge is -2.35. The number of piperazine rings is 1. The molecule has 0 aliphatic carbocycles. The number of amides is 2. The van der Waals surface area contributed by atoms with Gasteiger partial charge in [-0.15, -0.1) is 0 Å². The van der Waals surface area contributed by atoms with Crippen LogP contribution in [0.4, 0.5) is 0 Å². The van der Waals surface area contributed by atoms with Gasteiger partial charge in [0.25, 0.3) is 5.91 Å². The van der Waals surface area contributed by atoms with Crippen molar-refractivity contribution in [2.75, 3.05) is 33.3 Å². The van der Waals surface area contributed by atoms with Crippen molar-refractivity contribution < 1.29 is 14.3 Å². The van der Waals surface area contributed by atoms with Gasteiger partial charge in [-0.1, -0.05) is 11.6 Å². The molecule has 1 aromatic heterocycles. The zero-order chi connectivity index (χ0) is 17.8. The Bertz CT molecular complexity index is 747. The first-order valence-electron chi connectivity index (χ1n) is 8.42. The Balaban J connectivity index is 1.61. The number of ether oxygens (including phenoxy) is 1. The van der Waals surface area contributed by atoms with Crippen LogP contribution in [0, 0.1) is 6.92 Å². The molecule has 1 aliphatic heterocycles. The second kappa shape index (κ2) is 7.42. The molecule has 1 aromatic carbocycles. The van der Waals surface area contributed by atoms with Crippen molar-refractivity contribution in [3.63, 3.8) is 0 Å². The Morgan fingerprint density at radius 2 is 1.84 bits per heavy atom. The standard InChI is InChI=1S/C19H23N3O3/c1-14-5-6-17(25-2)16(12-14)19(24)22-10-8-21(9-11-22)18(23)13-15-4-3-7-20-15/h3-7,12,20H,8-11,13H2,1-2H3. The van der Waals surface area contributed by atoms with Crippen LogP contribution in [0.2, 0.25) is 0 Å². The van der Waals surface area contributed by atoms with E-state index in [0.29, 0.717) is 43.9 Å². The number of nitrogens with one attached hydrogen (secondary N) is 1. The van der Waals surface area contributed by atoms with Crippen molar-refractivity contribution in [1.29, 1.82) is 0 Å². The molecule has 132 valence electrons. The van der Waals surface area contributed by atoms with E-state index in [4.69, 9.17) is 4.74 Å². The number of aromatic amines is 1. The molecule has 0 saturated carbocycles. The van der Waals surface area contributed by atoms with Crippen LogP contribution in [0.1, 0.15) is 21.6 Å². The van der Waals surface area contributed by atoms with E-state index >= 15 is 0 Å². The highest BCUT2D eigenvalue weighted by atomic mass is 16.5. The summed E-state index contributed by atoms with van der Waals surface area (Å²) in [6, 6.07) is 9.38. The molecule has 6 nitrogen and oxygen atoms in total. The van der Waals surface area contributed by atoms with Gasteiger partial charge in [0.15, 0.2) is 0 Å². The first-order chi connectivity index (χ1) is 12.1. The molecule has 2 amide bonds. The third-order valence-electron chi connectivity index (χ3n) is 4.51. The molecule has 3 rings (SSSR count). The third-order valence-corrected chi connectivity index (χ3v) is 4.51. The maximum absolute atomic E-state index is 12.8. The molecule has 2 aromatic rings. The fourth-order valence-electron chi connectivity index (χ4n) is 3.07. The Hall–Kier alpha value is -2.76. The summed E-state index contributed by atoms with van der Waals surface area (Å²) in [5.41, 5.74) is 2.51. The van der Waals surface area contributed by atoms with Crippen LogP contribution in [-0.2, 0) is 11.2 Å². The lowest BCUT2D eigenvalue weighted by atomic mass is 10.1. The van der Waals surface area contributed by atoms with Crippen LogP contribution in [0.5, 0.6) is 5.75 Å². The fourth-order valence-corrected chi connectivity index (χ4v) is 3.07. The number of hydrogen-bond acceptors (Lipinski definition) is 3. The molecule has 6 heteroatoms. The average molecular weight is 341 g/mol. The predicted octanol–water partition coefficient (Wildman–Crippen LogP) is 1.86. The zero-order valence-electron chi connectivity index (χ0n) is 14.6. The van der Waals surface area contributed by atoms with E-state index in [1.54, 1.807) is 12.0 Å². The number of H-pyrrole nitrogens is 1. The first-order valence-corrected chi connectivity index (χ1v) is 8.42. The van der Waals surface area contributed by atoms with Gasteiger partial charge in [0, 0.05) is 38.1 Å². The summed E-state index contributed by atoms with van der Waals surface area (Å²) in [4.78, 5) is 31.8. The first kappa shape index (κ1) is 17.1. The van der Waals surface area contributed by atoms with Crippen LogP contribution in [0.25, 0.3) is 0 Å². The molecule has 0 atom stereocenters. The molecule has 0 radical (unpaired) electrons. The number of aryl methyl sites for hydroxylation is 1. The van der Waals surface area contributed by atoms with Gasteiger partial charge >= 0.3 is 0 Å². The van der Waals surface area contributed by atoms with Crippen molar-refractivity contribution in [2.24, 2.45) is 0 Å². The molecule has 0 spiro atoms. The summed E-state index contributed by atoms with van der Waals surface area (Å²) in [6.07, 6.45) is 2.18. The van der Waals surface area contributed by atoms with Gasteiger partial charge in [-0.2, -0.15) is 0 Å². The van der Waals surface area contributed by atoms with E-state index in [-0.39, 0.29) is 11.8 Å². The molecule has 1 saturated heterocycles. The van der Waals surface area contributed by atoms with Crippen LogP contribution in [0.3, 0.4) is 0 Å². The maximum atomic E-state index is 12.8. The summed E-state index contributed by atoms with van der Waals surface area (Å²) in [7, 11) is 1.57. The number of aromatic nitrogens is 1. The van der Waals surface area contributed by atoms with Crippen molar-refractivity contribution in [2.45, 2.75) is 13.3 Å². The number of carbonyl (C=O) groups excluding carboxylic acids is 2. The Labute approximate surface area is 147 Å². The van der Waals surface area contributed by atoms with E-state index in [9.17, 15) is 9.59 Å².